The fourth-order valence-corrected chi connectivity index (χ4v) is 3.85. The van der Waals surface area contributed by atoms with Gasteiger partial charge in [0.2, 0.25) is 0 Å². The van der Waals surface area contributed by atoms with Crippen molar-refractivity contribution in [3.63, 3.8) is 0 Å². The first-order chi connectivity index (χ1) is 14.0. The third-order valence-corrected chi connectivity index (χ3v) is 5.40. The predicted octanol–water partition coefficient (Wildman–Crippen LogP) is 3.42. The number of aromatic nitrogens is 4. The number of imidazole rings is 1. The maximum atomic E-state index is 13.4. The molecule has 0 spiro atoms. The molecule has 2 aromatic heterocycles. The molecule has 6 nitrogen and oxygen atoms in total. The molecular formula is C22H24FN5O. The summed E-state index contributed by atoms with van der Waals surface area (Å²) in [5.41, 5.74) is 2.16. The standard InChI is InChI=1S/C22H24FN5O/c1-15-12-19(21-24-8-11-27(21)2)26-20(25-15)13-16-6-9-28(10-7-16)22(29)17-4-3-5-18(23)14-17/h3-5,8,11-12,14,16H,6-7,9-10,13H2,1-2H3. The molecule has 1 aliphatic heterocycles. The second kappa shape index (κ2) is 8.11. The number of halogens is 1. The normalized spacial score (nSPS) is 14.9. The molecule has 0 saturated carbocycles. The van der Waals surface area contributed by atoms with Crippen molar-refractivity contribution in [1.29, 1.82) is 0 Å². The highest BCUT2D eigenvalue weighted by Crippen LogP contribution is 2.23. The van der Waals surface area contributed by atoms with E-state index in [1.165, 1.54) is 12.1 Å². The maximum absolute atomic E-state index is 13.4. The van der Waals surface area contributed by atoms with Gasteiger partial charge >= 0.3 is 0 Å². The Labute approximate surface area is 169 Å². The highest BCUT2D eigenvalue weighted by molar-refractivity contribution is 5.94. The van der Waals surface area contributed by atoms with E-state index in [1.54, 1.807) is 18.3 Å². The van der Waals surface area contributed by atoms with Crippen molar-refractivity contribution in [1.82, 2.24) is 24.4 Å². The zero-order valence-corrected chi connectivity index (χ0v) is 16.7. The molecular weight excluding hydrogens is 369 g/mol. The van der Waals surface area contributed by atoms with Crippen LogP contribution in [-0.4, -0.2) is 43.4 Å². The molecule has 150 valence electrons. The van der Waals surface area contributed by atoms with E-state index in [0.717, 1.165) is 42.3 Å². The van der Waals surface area contributed by atoms with Crippen LogP contribution < -0.4 is 0 Å². The number of benzene rings is 1. The third kappa shape index (κ3) is 4.34. The fourth-order valence-electron chi connectivity index (χ4n) is 3.85. The number of hydrogen-bond donors (Lipinski definition) is 0. The van der Waals surface area contributed by atoms with Gasteiger partial charge in [-0.1, -0.05) is 6.07 Å². The zero-order chi connectivity index (χ0) is 20.4. The fraction of sp³-hybridized carbons (Fsp3) is 0.364. The Balaban J connectivity index is 1.40. The number of aryl methyl sites for hydroxylation is 2. The van der Waals surface area contributed by atoms with Gasteiger partial charge in [0.05, 0.1) is 0 Å². The molecule has 1 amide bonds. The van der Waals surface area contributed by atoms with Crippen LogP contribution in [-0.2, 0) is 13.5 Å². The molecule has 4 rings (SSSR count). The van der Waals surface area contributed by atoms with E-state index in [1.807, 2.05) is 35.7 Å². The Hall–Kier alpha value is -3.09. The summed E-state index contributed by atoms with van der Waals surface area (Å²) in [5, 5.41) is 0. The highest BCUT2D eigenvalue weighted by atomic mass is 19.1. The predicted molar refractivity (Wildman–Crippen MR) is 108 cm³/mol. The molecule has 0 atom stereocenters. The molecule has 0 radical (unpaired) electrons. The lowest BCUT2D eigenvalue weighted by atomic mass is 9.92. The molecule has 0 unspecified atom stereocenters. The number of amides is 1. The minimum Gasteiger partial charge on any atom is -0.339 e. The van der Waals surface area contributed by atoms with Crippen LogP contribution in [0.1, 0.15) is 34.7 Å². The van der Waals surface area contributed by atoms with Gasteiger partial charge in [-0.15, -0.1) is 0 Å². The lowest BCUT2D eigenvalue weighted by Crippen LogP contribution is -2.39. The summed E-state index contributed by atoms with van der Waals surface area (Å²) in [4.78, 5) is 28.1. The molecule has 3 heterocycles. The van der Waals surface area contributed by atoms with Crippen molar-refractivity contribution >= 4 is 5.91 Å². The minimum atomic E-state index is -0.383. The van der Waals surface area contributed by atoms with Gasteiger partial charge in [0.1, 0.15) is 17.3 Å². The van der Waals surface area contributed by atoms with Gasteiger partial charge in [-0.3, -0.25) is 4.79 Å². The molecule has 29 heavy (non-hydrogen) atoms. The third-order valence-electron chi connectivity index (χ3n) is 5.40. The molecule has 1 fully saturated rings. The maximum Gasteiger partial charge on any atom is 0.253 e. The van der Waals surface area contributed by atoms with Crippen LogP contribution in [0.15, 0.2) is 42.7 Å². The topological polar surface area (TPSA) is 63.9 Å². The summed E-state index contributed by atoms with van der Waals surface area (Å²) in [6.45, 7) is 3.30. The largest absolute Gasteiger partial charge is 0.339 e. The molecule has 7 heteroatoms. The van der Waals surface area contributed by atoms with Gasteiger partial charge in [-0.2, -0.15) is 0 Å². The number of rotatable bonds is 4. The lowest BCUT2D eigenvalue weighted by Gasteiger charge is -2.32. The van der Waals surface area contributed by atoms with Crippen molar-refractivity contribution in [3.05, 3.63) is 65.6 Å². The molecule has 1 saturated heterocycles. The van der Waals surface area contributed by atoms with E-state index in [-0.39, 0.29) is 11.7 Å². The van der Waals surface area contributed by atoms with Gasteiger partial charge in [0, 0.05) is 50.2 Å². The number of piperidine rings is 1. The first-order valence-corrected chi connectivity index (χ1v) is 9.86. The summed E-state index contributed by atoms with van der Waals surface area (Å²) < 4.78 is 15.3. The summed E-state index contributed by atoms with van der Waals surface area (Å²) in [6, 6.07) is 7.84. The number of likely N-dealkylation sites (tertiary alicyclic amines) is 1. The van der Waals surface area contributed by atoms with Crippen LogP contribution in [0.25, 0.3) is 11.5 Å². The van der Waals surface area contributed by atoms with E-state index < -0.39 is 0 Å². The van der Waals surface area contributed by atoms with Gasteiger partial charge < -0.3 is 9.47 Å². The minimum absolute atomic E-state index is 0.105. The van der Waals surface area contributed by atoms with Crippen LogP contribution in [0.3, 0.4) is 0 Å². The number of carbonyl (C=O) groups is 1. The van der Waals surface area contributed by atoms with Crippen LogP contribution in [0, 0.1) is 18.7 Å². The van der Waals surface area contributed by atoms with E-state index in [0.29, 0.717) is 24.6 Å². The van der Waals surface area contributed by atoms with E-state index >= 15 is 0 Å². The van der Waals surface area contributed by atoms with Crippen molar-refractivity contribution in [2.75, 3.05) is 13.1 Å². The Kier molecular flexibility index (Phi) is 5.38. The number of hydrogen-bond acceptors (Lipinski definition) is 4. The van der Waals surface area contributed by atoms with Crippen molar-refractivity contribution in [2.45, 2.75) is 26.2 Å². The van der Waals surface area contributed by atoms with Crippen molar-refractivity contribution < 1.29 is 9.18 Å². The number of nitrogens with zero attached hydrogens (tertiary/aromatic N) is 5. The first kappa shape index (κ1) is 19.2. The lowest BCUT2D eigenvalue weighted by molar-refractivity contribution is 0.0689. The van der Waals surface area contributed by atoms with E-state index in [2.05, 4.69) is 9.97 Å². The molecule has 1 aliphatic rings. The second-order valence-electron chi connectivity index (χ2n) is 7.62. The quantitative estimate of drug-likeness (QED) is 0.681. The zero-order valence-electron chi connectivity index (χ0n) is 16.7. The van der Waals surface area contributed by atoms with E-state index in [4.69, 9.17) is 4.98 Å². The van der Waals surface area contributed by atoms with Gasteiger partial charge in [0.15, 0.2) is 5.82 Å². The van der Waals surface area contributed by atoms with Gasteiger partial charge in [-0.05, 0) is 49.9 Å². The molecule has 1 aromatic carbocycles. The summed E-state index contributed by atoms with van der Waals surface area (Å²) in [6.07, 6.45) is 6.21. The van der Waals surface area contributed by atoms with Crippen LogP contribution >= 0.6 is 0 Å². The average Bonchev–Trinajstić information content (AvgIpc) is 3.13. The molecule has 0 aliphatic carbocycles. The summed E-state index contributed by atoms with van der Waals surface area (Å²) in [7, 11) is 1.95. The monoisotopic (exact) mass is 393 g/mol. The van der Waals surface area contributed by atoms with Crippen LogP contribution in [0.5, 0.6) is 0 Å². The molecule has 0 bridgehead atoms. The highest BCUT2D eigenvalue weighted by Gasteiger charge is 2.25. The second-order valence-corrected chi connectivity index (χ2v) is 7.62. The molecule has 3 aromatic rings. The first-order valence-electron chi connectivity index (χ1n) is 9.86. The Morgan fingerprint density at radius 3 is 2.69 bits per heavy atom. The van der Waals surface area contributed by atoms with Crippen LogP contribution in [0.4, 0.5) is 4.39 Å². The Morgan fingerprint density at radius 1 is 1.21 bits per heavy atom. The SMILES string of the molecule is Cc1cc(-c2nccn2C)nc(CC2CCN(C(=O)c3cccc(F)c3)CC2)n1. The average molecular weight is 393 g/mol. The smallest absolute Gasteiger partial charge is 0.253 e. The van der Waals surface area contributed by atoms with Crippen LogP contribution in [0.2, 0.25) is 0 Å². The Morgan fingerprint density at radius 2 is 2.00 bits per heavy atom. The number of carbonyl (C=O) groups excluding carboxylic acids is 1. The van der Waals surface area contributed by atoms with Crippen molar-refractivity contribution in [2.24, 2.45) is 13.0 Å². The van der Waals surface area contributed by atoms with Gasteiger partial charge in [0.25, 0.3) is 5.91 Å². The van der Waals surface area contributed by atoms with Crippen molar-refractivity contribution in [3.8, 4) is 11.5 Å². The Bertz CT molecular complexity index is 1020. The summed E-state index contributed by atoms with van der Waals surface area (Å²) >= 11 is 0. The summed E-state index contributed by atoms with van der Waals surface area (Å²) in [5.74, 6) is 1.57. The van der Waals surface area contributed by atoms with E-state index in [9.17, 15) is 9.18 Å². The molecule has 0 N–H and O–H groups in total. The van der Waals surface area contributed by atoms with Gasteiger partial charge in [-0.25, -0.2) is 19.3 Å².